The first-order valence-electron chi connectivity index (χ1n) is 6.57. The molecule has 3 heterocycles. The van der Waals surface area contributed by atoms with Crippen LogP contribution in [-0.4, -0.2) is 46.9 Å². The van der Waals surface area contributed by atoms with Crippen LogP contribution in [0.5, 0.6) is 0 Å². The second-order valence-electron chi connectivity index (χ2n) is 5.07. The van der Waals surface area contributed by atoms with Crippen molar-refractivity contribution in [3.63, 3.8) is 0 Å². The molecule has 2 aromatic heterocycles. The maximum atomic E-state index is 11.8. The molecule has 1 aliphatic rings. The zero-order valence-electron chi connectivity index (χ0n) is 11.1. The fourth-order valence-corrected chi connectivity index (χ4v) is 3.62. The summed E-state index contributed by atoms with van der Waals surface area (Å²) in [5.74, 6) is -0.168. The minimum atomic E-state index is -3.68. The average Bonchev–Trinajstić information content (AvgIpc) is 3.00. The van der Waals surface area contributed by atoms with E-state index in [0.717, 1.165) is 11.3 Å². The zero-order chi connectivity index (χ0) is 15.0. The molecule has 1 aliphatic heterocycles. The van der Waals surface area contributed by atoms with Crippen molar-refractivity contribution in [2.45, 2.75) is 18.1 Å². The number of hydrogen-bond donors (Lipinski definition) is 0. The number of aromatic nitrogens is 2. The van der Waals surface area contributed by atoms with Gasteiger partial charge in [0.2, 0.25) is 15.0 Å². The highest BCUT2D eigenvalue weighted by atomic mass is 35.7. The number of carbonyl (C=O) groups is 1. The summed E-state index contributed by atoms with van der Waals surface area (Å²) in [5.41, 5.74) is 1.83. The van der Waals surface area contributed by atoms with Crippen LogP contribution in [-0.2, 0) is 20.3 Å². The molecule has 0 aliphatic carbocycles. The number of nitrogens with zero attached hydrogens (tertiary/aromatic N) is 3. The van der Waals surface area contributed by atoms with E-state index in [4.69, 9.17) is 10.7 Å². The van der Waals surface area contributed by atoms with Crippen LogP contribution in [0.15, 0.2) is 30.6 Å². The monoisotopic (exact) mass is 327 g/mol. The summed E-state index contributed by atoms with van der Waals surface area (Å²) in [6.07, 6.45) is 4.27. The third-order valence-electron chi connectivity index (χ3n) is 3.71. The number of halogens is 1. The Labute approximate surface area is 126 Å². The first-order valence-corrected chi connectivity index (χ1v) is 8.94. The van der Waals surface area contributed by atoms with Crippen LogP contribution in [0.3, 0.4) is 0 Å². The molecule has 3 rings (SSSR count). The summed E-state index contributed by atoms with van der Waals surface area (Å²) in [5, 5.41) is -0.797. The van der Waals surface area contributed by atoms with Crippen molar-refractivity contribution in [3.8, 4) is 0 Å². The van der Waals surface area contributed by atoms with Crippen LogP contribution < -0.4 is 0 Å². The van der Waals surface area contributed by atoms with E-state index < -0.39 is 14.3 Å². The number of likely N-dealkylation sites (tertiary alicyclic amines) is 1. The van der Waals surface area contributed by atoms with E-state index in [-0.39, 0.29) is 18.9 Å². The third kappa shape index (κ3) is 2.89. The Morgan fingerprint density at radius 2 is 2.19 bits per heavy atom. The molecule has 8 heteroatoms. The minimum absolute atomic E-state index is 0.0288. The lowest BCUT2D eigenvalue weighted by atomic mass is 10.3. The zero-order valence-corrected chi connectivity index (χ0v) is 12.7. The molecular weight excluding hydrogens is 314 g/mol. The fourth-order valence-electron chi connectivity index (χ4n) is 2.56. The SMILES string of the molecule is O=C1CC(S(=O)(=O)Cl)CN1CCc1cnc2ccccn12. The highest BCUT2D eigenvalue weighted by molar-refractivity contribution is 8.14. The van der Waals surface area contributed by atoms with Gasteiger partial charge in [-0.25, -0.2) is 13.4 Å². The molecule has 0 radical (unpaired) electrons. The predicted octanol–water partition coefficient (Wildman–Crippen LogP) is 1.05. The lowest BCUT2D eigenvalue weighted by Gasteiger charge is -2.15. The lowest BCUT2D eigenvalue weighted by Crippen LogP contribution is -2.29. The van der Waals surface area contributed by atoms with E-state index in [0.29, 0.717) is 13.0 Å². The van der Waals surface area contributed by atoms with Gasteiger partial charge in [0.05, 0.1) is 0 Å². The molecule has 1 amide bonds. The minimum Gasteiger partial charge on any atom is -0.341 e. The second kappa shape index (κ2) is 5.31. The molecule has 21 heavy (non-hydrogen) atoms. The molecule has 1 fully saturated rings. The largest absolute Gasteiger partial charge is 0.341 e. The van der Waals surface area contributed by atoms with Gasteiger partial charge >= 0.3 is 0 Å². The smallest absolute Gasteiger partial charge is 0.237 e. The number of amides is 1. The van der Waals surface area contributed by atoms with E-state index in [1.54, 1.807) is 11.1 Å². The van der Waals surface area contributed by atoms with E-state index in [1.807, 2.05) is 28.8 Å². The molecule has 6 nitrogen and oxygen atoms in total. The first kappa shape index (κ1) is 14.3. The summed E-state index contributed by atoms with van der Waals surface area (Å²) < 4.78 is 24.6. The van der Waals surface area contributed by atoms with Gasteiger partial charge in [-0.3, -0.25) is 4.79 Å². The van der Waals surface area contributed by atoms with Gasteiger partial charge in [-0.15, -0.1) is 0 Å². The highest BCUT2D eigenvalue weighted by Gasteiger charge is 2.36. The molecule has 2 aromatic rings. The molecule has 1 atom stereocenters. The van der Waals surface area contributed by atoms with Gasteiger partial charge in [0.1, 0.15) is 10.9 Å². The summed E-state index contributed by atoms with van der Waals surface area (Å²) in [7, 11) is 1.64. The Morgan fingerprint density at radius 1 is 1.38 bits per heavy atom. The maximum absolute atomic E-state index is 11.8. The van der Waals surface area contributed by atoms with Crippen molar-refractivity contribution in [1.82, 2.24) is 14.3 Å². The van der Waals surface area contributed by atoms with E-state index in [2.05, 4.69) is 4.98 Å². The number of fused-ring (bicyclic) bond motifs is 1. The standard InChI is InChI=1S/C13H14ClN3O3S/c14-21(19,20)11-7-13(18)16(9-11)6-4-10-8-15-12-3-1-2-5-17(10)12/h1-3,5,8,11H,4,6-7,9H2. The molecule has 1 saturated heterocycles. The van der Waals surface area contributed by atoms with Crippen LogP contribution in [0.25, 0.3) is 5.65 Å². The number of pyridine rings is 1. The average molecular weight is 328 g/mol. The van der Waals surface area contributed by atoms with Crippen molar-refractivity contribution < 1.29 is 13.2 Å². The molecule has 0 N–H and O–H groups in total. The first-order chi connectivity index (χ1) is 9.95. The summed E-state index contributed by atoms with van der Waals surface area (Å²) in [6, 6.07) is 5.72. The molecule has 0 bridgehead atoms. The maximum Gasteiger partial charge on any atom is 0.237 e. The van der Waals surface area contributed by atoms with Gasteiger partial charge in [0.25, 0.3) is 0 Å². The van der Waals surface area contributed by atoms with Gasteiger partial charge in [-0.05, 0) is 12.1 Å². The topological polar surface area (TPSA) is 71.8 Å². The molecule has 1 unspecified atom stereocenters. The van der Waals surface area contributed by atoms with Gasteiger partial charge < -0.3 is 9.30 Å². The molecular formula is C13H14ClN3O3S. The van der Waals surface area contributed by atoms with Crippen molar-refractivity contribution >= 4 is 31.3 Å². The van der Waals surface area contributed by atoms with Crippen LogP contribution in [0.4, 0.5) is 0 Å². The third-order valence-corrected chi connectivity index (χ3v) is 5.58. The molecule has 0 spiro atoms. The van der Waals surface area contributed by atoms with Gasteiger partial charge in [-0.2, -0.15) is 0 Å². The van der Waals surface area contributed by atoms with Crippen molar-refractivity contribution in [2.24, 2.45) is 0 Å². The van der Waals surface area contributed by atoms with Crippen LogP contribution in [0, 0.1) is 0 Å². The Hall–Kier alpha value is -1.60. The normalized spacial score (nSPS) is 19.6. The van der Waals surface area contributed by atoms with Crippen molar-refractivity contribution in [3.05, 3.63) is 36.3 Å². The Bertz CT molecular complexity index is 787. The quantitative estimate of drug-likeness (QED) is 0.787. The molecule has 112 valence electrons. The number of imidazole rings is 1. The summed E-state index contributed by atoms with van der Waals surface area (Å²) in [4.78, 5) is 17.7. The van der Waals surface area contributed by atoms with Crippen LogP contribution in [0.1, 0.15) is 12.1 Å². The highest BCUT2D eigenvalue weighted by Crippen LogP contribution is 2.21. The number of rotatable bonds is 4. The summed E-state index contributed by atoms with van der Waals surface area (Å²) >= 11 is 0. The Balaban J connectivity index is 1.70. The molecule has 0 aromatic carbocycles. The second-order valence-corrected chi connectivity index (χ2v) is 7.98. The number of carbonyl (C=O) groups excluding carboxylic acids is 1. The predicted molar refractivity (Wildman–Crippen MR) is 78.7 cm³/mol. The van der Waals surface area contributed by atoms with Crippen LogP contribution >= 0.6 is 10.7 Å². The van der Waals surface area contributed by atoms with Crippen molar-refractivity contribution in [2.75, 3.05) is 13.1 Å². The Kier molecular flexibility index (Phi) is 3.62. The Morgan fingerprint density at radius 3 is 2.90 bits per heavy atom. The number of hydrogen-bond acceptors (Lipinski definition) is 4. The summed E-state index contributed by atoms with van der Waals surface area (Å²) in [6.45, 7) is 0.631. The fraction of sp³-hybridized carbons (Fsp3) is 0.385. The van der Waals surface area contributed by atoms with E-state index in [9.17, 15) is 13.2 Å². The van der Waals surface area contributed by atoms with Gasteiger partial charge in [0, 0.05) is 54.7 Å². The lowest BCUT2D eigenvalue weighted by molar-refractivity contribution is -0.127. The van der Waals surface area contributed by atoms with E-state index >= 15 is 0 Å². The molecule has 0 saturated carbocycles. The van der Waals surface area contributed by atoms with Gasteiger partial charge in [-0.1, -0.05) is 6.07 Å². The van der Waals surface area contributed by atoms with E-state index in [1.165, 1.54) is 0 Å². The van der Waals surface area contributed by atoms with Crippen molar-refractivity contribution in [1.29, 1.82) is 0 Å². The van der Waals surface area contributed by atoms with Gasteiger partial charge in [0.15, 0.2) is 0 Å². The van der Waals surface area contributed by atoms with Crippen LogP contribution in [0.2, 0.25) is 0 Å².